The number of piperidine rings is 1. The van der Waals surface area contributed by atoms with Crippen LogP contribution in [-0.2, 0) is 4.79 Å². The van der Waals surface area contributed by atoms with Crippen molar-refractivity contribution in [2.45, 2.75) is 19.4 Å². The lowest BCUT2D eigenvalue weighted by molar-refractivity contribution is -0.139. The summed E-state index contributed by atoms with van der Waals surface area (Å²) in [6.45, 7) is 3.31. The Hall–Kier alpha value is -0.610. The SMILES string of the molecule is CC1CCN(CC(=O)O)CC1O. The maximum atomic E-state index is 10.3. The van der Waals surface area contributed by atoms with Crippen LogP contribution in [0.5, 0.6) is 0 Å². The summed E-state index contributed by atoms with van der Waals surface area (Å²) in [6.07, 6.45) is 0.521. The van der Waals surface area contributed by atoms with Crippen molar-refractivity contribution in [3.05, 3.63) is 0 Å². The lowest BCUT2D eigenvalue weighted by Crippen LogP contribution is -2.44. The number of carbonyl (C=O) groups is 1. The average Bonchev–Trinajstić information content (AvgIpc) is 1.96. The van der Waals surface area contributed by atoms with Crippen molar-refractivity contribution in [3.8, 4) is 0 Å². The predicted molar refractivity (Wildman–Crippen MR) is 43.9 cm³/mol. The van der Waals surface area contributed by atoms with Gasteiger partial charge in [-0.2, -0.15) is 0 Å². The third-order valence-corrected chi connectivity index (χ3v) is 2.36. The minimum absolute atomic E-state index is 0.0454. The molecule has 12 heavy (non-hydrogen) atoms. The highest BCUT2D eigenvalue weighted by Crippen LogP contribution is 2.16. The molecule has 0 amide bonds. The van der Waals surface area contributed by atoms with Crippen LogP contribution in [0, 0.1) is 5.92 Å². The molecule has 4 nitrogen and oxygen atoms in total. The second-order valence-corrected chi connectivity index (χ2v) is 3.46. The van der Waals surface area contributed by atoms with Gasteiger partial charge in [0.2, 0.25) is 0 Å². The van der Waals surface area contributed by atoms with Crippen LogP contribution < -0.4 is 0 Å². The Bertz CT molecular complexity index is 172. The van der Waals surface area contributed by atoms with E-state index in [1.54, 1.807) is 4.90 Å². The first-order valence-corrected chi connectivity index (χ1v) is 4.22. The molecule has 2 unspecified atom stereocenters. The van der Waals surface area contributed by atoms with Crippen LogP contribution in [0.1, 0.15) is 13.3 Å². The topological polar surface area (TPSA) is 60.8 Å². The van der Waals surface area contributed by atoms with Crippen molar-refractivity contribution in [2.75, 3.05) is 19.6 Å². The number of carboxylic acid groups (broad SMARTS) is 1. The second kappa shape index (κ2) is 3.87. The Balaban J connectivity index is 2.35. The zero-order chi connectivity index (χ0) is 9.14. The Morgan fingerprint density at radius 1 is 1.67 bits per heavy atom. The zero-order valence-corrected chi connectivity index (χ0v) is 7.23. The molecule has 0 spiro atoms. The fourth-order valence-electron chi connectivity index (χ4n) is 1.45. The third kappa shape index (κ3) is 2.46. The molecular formula is C8H15NO3. The Kier molecular flexibility index (Phi) is 3.05. The molecule has 1 saturated heterocycles. The number of hydrogen-bond acceptors (Lipinski definition) is 3. The van der Waals surface area contributed by atoms with Crippen molar-refractivity contribution < 1.29 is 15.0 Å². The molecule has 1 aliphatic heterocycles. The van der Waals surface area contributed by atoms with E-state index < -0.39 is 5.97 Å². The Labute approximate surface area is 71.8 Å². The number of nitrogens with zero attached hydrogens (tertiary/aromatic N) is 1. The maximum absolute atomic E-state index is 10.3. The molecule has 70 valence electrons. The molecule has 0 aromatic rings. The minimum atomic E-state index is -0.822. The smallest absolute Gasteiger partial charge is 0.317 e. The Morgan fingerprint density at radius 2 is 2.33 bits per heavy atom. The van der Waals surface area contributed by atoms with E-state index in [4.69, 9.17) is 5.11 Å². The number of hydrogen-bond donors (Lipinski definition) is 2. The van der Waals surface area contributed by atoms with Gasteiger partial charge in [0.15, 0.2) is 0 Å². The number of rotatable bonds is 2. The number of β-amino-alcohol motifs (C(OH)–C–C–N with tert-alkyl or cyclic N) is 1. The van der Waals surface area contributed by atoms with E-state index in [0.29, 0.717) is 12.5 Å². The Morgan fingerprint density at radius 3 is 2.83 bits per heavy atom. The molecule has 2 atom stereocenters. The van der Waals surface area contributed by atoms with E-state index >= 15 is 0 Å². The molecule has 0 saturated carbocycles. The van der Waals surface area contributed by atoms with Crippen molar-refractivity contribution in [2.24, 2.45) is 5.92 Å². The summed E-state index contributed by atoms with van der Waals surface area (Å²) in [5.74, 6) is -0.521. The highest BCUT2D eigenvalue weighted by atomic mass is 16.4. The molecule has 1 rings (SSSR count). The van der Waals surface area contributed by atoms with Crippen molar-refractivity contribution in [1.82, 2.24) is 4.90 Å². The van der Waals surface area contributed by atoms with Crippen LogP contribution in [0.15, 0.2) is 0 Å². The molecule has 1 heterocycles. The largest absolute Gasteiger partial charge is 0.480 e. The first kappa shape index (κ1) is 9.48. The average molecular weight is 173 g/mol. The minimum Gasteiger partial charge on any atom is -0.480 e. The van der Waals surface area contributed by atoms with Crippen molar-refractivity contribution >= 4 is 5.97 Å². The summed E-state index contributed by atoms with van der Waals surface area (Å²) in [7, 11) is 0. The van der Waals surface area contributed by atoms with Gasteiger partial charge < -0.3 is 10.2 Å². The molecule has 0 aromatic heterocycles. The van der Waals surface area contributed by atoms with Crippen LogP contribution >= 0.6 is 0 Å². The van der Waals surface area contributed by atoms with Gasteiger partial charge in [-0.3, -0.25) is 9.69 Å². The zero-order valence-electron chi connectivity index (χ0n) is 7.23. The van der Waals surface area contributed by atoms with E-state index in [0.717, 1.165) is 13.0 Å². The van der Waals surface area contributed by atoms with Gasteiger partial charge in [-0.1, -0.05) is 6.92 Å². The van der Waals surface area contributed by atoms with E-state index in [1.807, 2.05) is 6.92 Å². The summed E-state index contributed by atoms with van der Waals surface area (Å²) < 4.78 is 0. The van der Waals surface area contributed by atoms with Gasteiger partial charge in [0.1, 0.15) is 0 Å². The standard InChI is InChI=1S/C8H15NO3/c1-6-2-3-9(4-7(6)10)5-8(11)12/h6-7,10H,2-5H2,1H3,(H,11,12). The van der Waals surface area contributed by atoms with Gasteiger partial charge in [0, 0.05) is 6.54 Å². The molecule has 1 fully saturated rings. The molecule has 2 N–H and O–H groups in total. The van der Waals surface area contributed by atoms with E-state index in [9.17, 15) is 9.90 Å². The molecule has 4 heteroatoms. The third-order valence-electron chi connectivity index (χ3n) is 2.36. The lowest BCUT2D eigenvalue weighted by Gasteiger charge is -2.32. The number of aliphatic hydroxyl groups excluding tert-OH is 1. The van der Waals surface area contributed by atoms with Crippen LogP contribution in [0.3, 0.4) is 0 Å². The number of aliphatic carboxylic acids is 1. The number of likely N-dealkylation sites (tertiary alicyclic amines) is 1. The fraction of sp³-hybridized carbons (Fsp3) is 0.875. The van der Waals surface area contributed by atoms with E-state index in [1.165, 1.54) is 0 Å². The first-order chi connectivity index (χ1) is 5.59. The first-order valence-electron chi connectivity index (χ1n) is 4.22. The fourth-order valence-corrected chi connectivity index (χ4v) is 1.45. The maximum Gasteiger partial charge on any atom is 0.317 e. The predicted octanol–water partition coefficient (Wildman–Crippen LogP) is -0.226. The quantitative estimate of drug-likeness (QED) is 0.605. The summed E-state index contributed by atoms with van der Waals surface area (Å²) in [6, 6.07) is 0. The summed E-state index contributed by atoms with van der Waals surface area (Å²) in [4.78, 5) is 12.1. The normalized spacial score (nSPS) is 31.8. The van der Waals surface area contributed by atoms with E-state index in [2.05, 4.69) is 0 Å². The summed E-state index contributed by atoms with van der Waals surface area (Å²) >= 11 is 0. The van der Waals surface area contributed by atoms with Gasteiger partial charge in [-0.25, -0.2) is 0 Å². The summed E-state index contributed by atoms with van der Waals surface area (Å²) in [5, 5.41) is 17.9. The van der Waals surface area contributed by atoms with Crippen LogP contribution in [0.4, 0.5) is 0 Å². The summed E-state index contributed by atoms with van der Waals surface area (Å²) in [5.41, 5.74) is 0. The van der Waals surface area contributed by atoms with E-state index in [-0.39, 0.29) is 12.6 Å². The molecule has 1 aliphatic rings. The van der Waals surface area contributed by atoms with Crippen LogP contribution in [-0.4, -0.2) is 46.8 Å². The van der Waals surface area contributed by atoms with Gasteiger partial charge >= 0.3 is 5.97 Å². The van der Waals surface area contributed by atoms with Crippen molar-refractivity contribution in [3.63, 3.8) is 0 Å². The molecule has 0 radical (unpaired) electrons. The van der Waals surface area contributed by atoms with Gasteiger partial charge in [-0.05, 0) is 18.9 Å². The van der Waals surface area contributed by atoms with Gasteiger partial charge in [-0.15, -0.1) is 0 Å². The molecular weight excluding hydrogens is 158 g/mol. The number of carboxylic acids is 1. The molecule has 0 bridgehead atoms. The van der Waals surface area contributed by atoms with Gasteiger partial charge in [0.25, 0.3) is 0 Å². The van der Waals surface area contributed by atoms with Gasteiger partial charge in [0.05, 0.1) is 12.6 Å². The molecule has 0 aliphatic carbocycles. The number of aliphatic hydroxyl groups is 1. The lowest BCUT2D eigenvalue weighted by atomic mass is 9.96. The van der Waals surface area contributed by atoms with Crippen LogP contribution in [0.25, 0.3) is 0 Å². The van der Waals surface area contributed by atoms with Crippen LogP contribution in [0.2, 0.25) is 0 Å². The van der Waals surface area contributed by atoms with Crippen molar-refractivity contribution in [1.29, 1.82) is 0 Å². The monoisotopic (exact) mass is 173 g/mol. The highest BCUT2D eigenvalue weighted by Gasteiger charge is 2.24. The second-order valence-electron chi connectivity index (χ2n) is 3.46. The highest BCUT2D eigenvalue weighted by molar-refractivity contribution is 5.69. The molecule has 0 aromatic carbocycles.